The average Bonchev–Trinajstić information content (AvgIpc) is 2.85. The zero-order valence-electron chi connectivity index (χ0n) is 12.2. The number of nitrogens with one attached hydrogen (secondary N) is 1. The Kier molecular flexibility index (Phi) is 4.15. The van der Waals surface area contributed by atoms with E-state index in [1.54, 1.807) is 12.1 Å². The van der Waals surface area contributed by atoms with Gasteiger partial charge in [-0.1, -0.05) is 36.1 Å². The Morgan fingerprint density at radius 1 is 1.57 bits per heavy atom. The molecule has 1 amide bonds. The maximum atomic E-state index is 12.2. The minimum atomic E-state index is -0.560. The summed E-state index contributed by atoms with van der Waals surface area (Å²) in [5.41, 5.74) is 6.83. The lowest BCUT2D eigenvalue weighted by Crippen LogP contribution is -2.33. The SMILES string of the molecule is CCOc1cccc2c1OC(N)=C(C#N)C2C1SC(=S)NC1=O. The number of thioether (sulfide) groups is 1. The molecule has 1 aromatic carbocycles. The number of hydrogen-bond acceptors (Lipinski definition) is 7. The molecule has 0 bridgehead atoms. The fourth-order valence-corrected chi connectivity index (χ4v) is 4.04. The van der Waals surface area contributed by atoms with Gasteiger partial charge in [-0.25, -0.2) is 0 Å². The lowest BCUT2D eigenvalue weighted by molar-refractivity contribution is -0.119. The van der Waals surface area contributed by atoms with Crippen molar-refractivity contribution in [2.75, 3.05) is 6.61 Å². The number of benzene rings is 1. The van der Waals surface area contributed by atoms with Crippen molar-refractivity contribution in [1.29, 1.82) is 5.26 Å². The Bertz CT molecular complexity index is 770. The second-order valence-corrected chi connectivity index (χ2v) is 6.71. The van der Waals surface area contributed by atoms with Crippen LogP contribution in [0, 0.1) is 11.3 Å². The van der Waals surface area contributed by atoms with Crippen molar-refractivity contribution in [1.82, 2.24) is 5.32 Å². The van der Waals surface area contributed by atoms with Crippen LogP contribution in [-0.2, 0) is 4.79 Å². The van der Waals surface area contributed by atoms with Gasteiger partial charge < -0.3 is 20.5 Å². The van der Waals surface area contributed by atoms with Crippen LogP contribution in [-0.4, -0.2) is 22.1 Å². The standard InChI is InChI=1S/C15H13N3O3S2/c1-2-20-9-5-3-4-7-10(12-14(19)18-15(22)23-12)8(6-16)13(17)21-11(7)9/h3-5,10,12H,2,17H2,1H3,(H,18,19,22). The van der Waals surface area contributed by atoms with Gasteiger partial charge >= 0.3 is 0 Å². The molecule has 8 heteroatoms. The van der Waals surface area contributed by atoms with Crippen molar-refractivity contribution in [3.8, 4) is 17.6 Å². The second-order valence-electron chi connectivity index (χ2n) is 4.89. The number of hydrogen-bond donors (Lipinski definition) is 2. The van der Waals surface area contributed by atoms with E-state index in [0.717, 1.165) is 0 Å². The van der Waals surface area contributed by atoms with E-state index in [1.165, 1.54) is 11.8 Å². The molecule has 1 fully saturated rings. The number of carbonyl (C=O) groups is 1. The summed E-state index contributed by atoms with van der Waals surface area (Å²) in [5, 5.41) is 11.5. The molecule has 0 spiro atoms. The largest absolute Gasteiger partial charge is 0.490 e. The number of allylic oxidation sites excluding steroid dienone is 1. The number of nitrogens with zero attached hydrogens (tertiary/aromatic N) is 1. The van der Waals surface area contributed by atoms with Crippen LogP contribution in [0.2, 0.25) is 0 Å². The highest BCUT2D eigenvalue weighted by molar-refractivity contribution is 8.24. The van der Waals surface area contributed by atoms with E-state index in [0.29, 0.717) is 28.0 Å². The third kappa shape index (κ3) is 2.62. The molecule has 1 saturated heterocycles. The molecule has 0 radical (unpaired) electrons. The Morgan fingerprint density at radius 2 is 2.35 bits per heavy atom. The Morgan fingerprint density at radius 3 is 2.96 bits per heavy atom. The highest BCUT2D eigenvalue weighted by Crippen LogP contribution is 2.48. The van der Waals surface area contributed by atoms with Gasteiger partial charge in [-0.3, -0.25) is 4.79 Å². The minimum Gasteiger partial charge on any atom is -0.490 e. The minimum absolute atomic E-state index is 0.0108. The fraction of sp³-hybridized carbons (Fsp3) is 0.267. The van der Waals surface area contributed by atoms with Crippen molar-refractivity contribution in [2.24, 2.45) is 5.73 Å². The Balaban J connectivity index is 2.14. The van der Waals surface area contributed by atoms with Crippen LogP contribution in [0.3, 0.4) is 0 Å². The third-order valence-corrected chi connectivity index (χ3v) is 5.02. The van der Waals surface area contributed by atoms with Crippen LogP contribution in [0.5, 0.6) is 11.5 Å². The molecule has 6 nitrogen and oxygen atoms in total. The summed E-state index contributed by atoms with van der Waals surface area (Å²) in [7, 11) is 0. The van der Waals surface area contributed by atoms with E-state index in [4.69, 9.17) is 27.4 Å². The first-order valence-electron chi connectivity index (χ1n) is 6.91. The zero-order chi connectivity index (χ0) is 16.6. The van der Waals surface area contributed by atoms with Gasteiger partial charge in [0.15, 0.2) is 11.5 Å². The lowest BCUT2D eigenvalue weighted by Gasteiger charge is -2.29. The quantitative estimate of drug-likeness (QED) is 0.804. The number of rotatable bonds is 3. The van der Waals surface area contributed by atoms with E-state index in [1.807, 2.05) is 13.0 Å². The molecule has 118 valence electrons. The first-order valence-corrected chi connectivity index (χ1v) is 8.20. The molecule has 0 saturated carbocycles. The number of nitriles is 1. The Hall–Kier alpha value is -2.24. The summed E-state index contributed by atoms with van der Waals surface area (Å²) in [6.07, 6.45) is 0. The smallest absolute Gasteiger partial charge is 0.239 e. The van der Waals surface area contributed by atoms with Gasteiger partial charge in [-0.2, -0.15) is 5.26 Å². The van der Waals surface area contributed by atoms with Crippen LogP contribution in [0.15, 0.2) is 29.7 Å². The molecule has 2 aliphatic heterocycles. The van der Waals surface area contributed by atoms with Crippen molar-refractivity contribution in [3.05, 3.63) is 35.2 Å². The van der Waals surface area contributed by atoms with E-state index < -0.39 is 11.2 Å². The summed E-state index contributed by atoms with van der Waals surface area (Å²) in [5.74, 6) is 0.196. The highest BCUT2D eigenvalue weighted by Gasteiger charge is 2.44. The molecule has 2 heterocycles. The van der Waals surface area contributed by atoms with Gasteiger partial charge in [0.25, 0.3) is 0 Å². The van der Waals surface area contributed by atoms with Crippen LogP contribution in [0.4, 0.5) is 0 Å². The van der Waals surface area contributed by atoms with E-state index in [-0.39, 0.29) is 17.4 Å². The topological polar surface area (TPSA) is 97.4 Å². The second kappa shape index (κ2) is 6.10. The average molecular weight is 347 g/mol. The molecule has 0 aliphatic carbocycles. The highest BCUT2D eigenvalue weighted by atomic mass is 32.2. The molecular weight excluding hydrogens is 334 g/mol. The predicted molar refractivity (Wildman–Crippen MR) is 89.9 cm³/mol. The van der Waals surface area contributed by atoms with E-state index in [9.17, 15) is 10.1 Å². The van der Waals surface area contributed by atoms with Crippen LogP contribution >= 0.6 is 24.0 Å². The van der Waals surface area contributed by atoms with Crippen molar-refractivity contribution < 1.29 is 14.3 Å². The summed E-state index contributed by atoms with van der Waals surface area (Å²) < 4.78 is 11.6. The number of fused-ring (bicyclic) bond motifs is 1. The van der Waals surface area contributed by atoms with Gasteiger partial charge in [0, 0.05) is 11.5 Å². The molecule has 23 heavy (non-hydrogen) atoms. The third-order valence-electron chi connectivity index (χ3n) is 3.57. The van der Waals surface area contributed by atoms with Crippen LogP contribution in [0.1, 0.15) is 18.4 Å². The molecule has 1 aromatic rings. The van der Waals surface area contributed by atoms with Crippen LogP contribution in [0.25, 0.3) is 0 Å². The summed E-state index contributed by atoms with van der Waals surface area (Å²) in [4.78, 5) is 12.2. The predicted octanol–water partition coefficient (Wildman–Crippen LogP) is 1.77. The first-order chi connectivity index (χ1) is 11.1. The van der Waals surface area contributed by atoms with E-state index >= 15 is 0 Å². The first kappa shape index (κ1) is 15.6. The summed E-state index contributed by atoms with van der Waals surface area (Å²) in [6, 6.07) is 7.43. The van der Waals surface area contributed by atoms with Crippen LogP contribution < -0.4 is 20.5 Å². The maximum Gasteiger partial charge on any atom is 0.239 e. The van der Waals surface area contributed by atoms with E-state index in [2.05, 4.69) is 11.4 Å². The zero-order valence-corrected chi connectivity index (χ0v) is 13.8. The monoisotopic (exact) mass is 347 g/mol. The number of amides is 1. The van der Waals surface area contributed by atoms with Gasteiger partial charge in [0.2, 0.25) is 11.8 Å². The lowest BCUT2D eigenvalue weighted by atomic mass is 9.86. The molecule has 0 aromatic heterocycles. The van der Waals surface area contributed by atoms with Crippen molar-refractivity contribution in [3.63, 3.8) is 0 Å². The Labute approximate surface area is 142 Å². The van der Waals surface area contributed by atoms with Gasteiger partial charge in [-0.05, 0) is 13.0 Å². The van der Waals surface area contributed by atoms with Crippen molar-refractivity contribution in [2.45, 2.75) is 18.1 Å². The molecule has 3 N–H and O–H groups in total. The number of nitrogens with two attached hydrogens (primary N) is 1. The van der Waals surface area contributed by atoms with Gasteiger partial charge in [-0.15, -0.1) is 0 Å². The summed E-state index contributed by atoms with van der Waals surface area (Å²) >= 11 is 6.28. The van der Waals surface area contributed by atoms with Gasteiger partial charge in [0.1, 0.15) is 15.6 Å². The molecule has 3 rings (SSSR count). The molecule has 2 unspecified atom stereocenters. The number of carbonyl (C=O) groups excluding carboxylic acids is 1. The van der Waals surface area contributed by atoms with Gasteiger partial charge in [0.05, 0.1) is 12.2 Å². The number of ether oxygens (including phenoxy) is 2. The fourth-order valence-electron chi connectivity index (χ4n) is 2.66. The molecule has 2 atom stereocenters. The maximum absolute atomic E-state index is 12.2. The number of thiocarbonyl (C=S) groups is 1. The summed E-state index contributed by atoms with van der Waals surface area (Å²) in [6.45, 7) is 2.32. The molecular formula is C15H13N3O3S2. The number of para-hydroxylation sites is 1. The van der Waals surface area contributed by atoms with Crippen molar-refractivity contribution >= 4 is 34.2 Å². The normalized spacial score (nSPS) is 23.0. The molecule has 2 aliphatic rings.